The van der Waals surface area contributed by atoms with Gasteiger partial charge in [0.2, 0.25) is 0 Å². The van der Waals surface area contributed by atoms with Crippen LogP contribution in [0.1, 0.15) is 17.9 Å². The SMILES string of the molecule is COc1cc(OC)c2c(=O)cc(Sc3ccccc3Cl)oc2c1[C@H]1CCN(C)C[C@H]1O. The van der Waals surface area contributed by atoms with Crippen LogP contribution < -0.4 is 14.9 Å². The minimum atomic E-state index is -0.616. The number of piperidine rings is 1. The monoisotopic (exact) mass is 461 g/mol. The molecular formula is C23H24ClNO5S. The van der Waals surface area contributed by atoms with Crippen molar-refractivity contribution in [1.29, 1.82) is 0 Å². The van der Waals surface area contributed by atoms with Gasteiger partial charge in [0.05, 0.1) is 25.3 Å². The summed E-state index contributed by atoms with van der Waals surface area (Å²) >= 11 is 7.57. The summed E-state index contributed by atoms with van der Waals surface area (Å²) in [5, 5.41) is 12.2. The molecule has 0 spiro atoms. The number of halogens is 1. The van der Waals surface area contributed by atoms with Gasteiger partial charge in [-0.15, -0.1) is 0 Å². The van der Waals surface area contributed by atoms with Crippen molar-refractivity contribution in [2.45, 2.75) is 28.4 Å². The van der Waals surface area contributed by atoms with Gasteiger partial charge in [-0.25, -0.2) is 0 Å². The van der Waals surface area contributed by atoms with Crippen LogP contribution in [0.25, 0.3) is 11.0 Å². The number of likely N-dealkylation sites (tertiary alicyclic amines) is 1. The summed E-state index contributed by atoms with van der Waals surface area (Å²) in [4.78, 5) is 16.0. The lowest BCUT2D eigenvalue weighted by Crippen LogP contribution is -2.40. The number of likely N-dealkylation sites (N-methyl/N-ethyl adjacent to an activating group) is 1. The van der Waals surface area contributed by atoms with Crippen molar-refractivity contribution < 1.29 is 19.0 Å². The van der Waals surface area contributed by atoms with Crippen LogP contribution in [0.2, 0.25) is 5.02 Å². The van der Waals surface area contributed by atoms with E-state index >= 15 is 0 Å². The van der Waals surface area contributed by atoms with Gasteiger partial charge < -0.3 is 23.9 Å². The zero-order chi connectivity index (χ0) is 22.1. The summed E-state index contributed by atoms with van der Waals surface area (Å²) in [5.41, 5.74) is 0.850. The van der Waals surface area contributed by atoms with E-state index in [-0.39, 0.29) is 11.3 Å². The number of nitrogens with zero attached hydrogens (tertiary/aromatic N) is 1. The summed E-state index contributed by atoms with van der Waals surface area (Å²) in [5.74, 6) is 0.672. The Morgan fingerprint density at radius 3 is 2.61 bits per heavy atom. The van der Waals surface area contributed by atoms with Crippen LogP contribution in [0.3, 0.4) is 0 Å². The van der Waals surface area contributed by atoms with Gasteiger partial charge >= 0.3 is 0 Å². The molecule has 8 heteroatoms. The first-order chi connectivity index (χ1) is 14.9. The van der Waals surface area contributed by atoms with Crippen molar-refractivity contribution in [3.63, 3.8) is 0 Å². The minimum absolute atomic E-state index is 0.223. The maximum Gasteiger partial charge on any atom is 0.197 e. The second-order valence-electron chi connectivity index (χ2n) is 7.59. The number of rotatable bonds is 5. The molecule has 31 heavy (non-hydrogen) atoms. The second-order valence-corrected chi connectivity index (χ2v) is 9.04. The molecule has 1 fully saturated rings. The maximum absolute atomic E-state index is 13.1. The van der Waals surface area contributed by atoms with Crippen LogP contribution >= 0.6 is 23.4 Å². The van der Waals surface area contributed by atoms with Crippen LogP contribution in [0.5, 0.6) is 11.5 Å². The van der Waals surface area contributed by atoms with Crippen LogP contribution in [0.15, 0.2) is 55.6 Å². The van der Waals surface area contributed by atoms with Crippen molar-refractivity contribution >= 4 is 34.3 Å². The molecule has 2 aromatic carbocycles. The standard InChI is InChI=1S/C23H24ClNO5S/c1-25-9-8-13(16(27)12-25)21-17(28-2)11-18(29-3)22-15(26)10-20(30-23(21)22)31-19-7-5-4-6-14(19)24/h4-7,10-11,13,16,27H,8-9,12H2,1-3H3/t13-,16+/m0/s1. The molecule has 1 aliphatic rings. The Labute approximate surface area is 189 Å². The van der Waals surface area contributed by atoms with Gasteiger partial charge in [-0.05, 0) is 32.1 Å². The van der Waals surface area contributed by atoms with E-state index in [1.807, 2.05) is 25.2 Å². The maximum atomic E-state index is 13.1. The summed E-state index contributed by atoms with van der Waals surface area (Å²) in [7, 11) is 5.04. The highest BCUT2D eigenvalue weighted by Gasteiger charge is 2.33. The van der Waals surface area contributed by atoms with E-state index in [9.17, 15) is 9.90 Å². The third-order valence-electron chi connectivity index (χ3n) is 5.59. The van der Waals surface area contributed by atoms with Crippen molar-refractivity contribution in [2.75, 3.05) is 34.4 Å². The summed E-state index contributed by atoms with van der Waals surface area (Å²) in [6.45, 7) is 1.34. The quantitative estimate of drug-likeness (QED) is 0.603. The third kappa shape index (κ3) is 4.28. The molecule has 0 bridgehead atoms. The number of hydrogen-bond acceptors (Lipinski definition) is 7. The molecule has 2 heterocycles. The minimum Gasteiger partial charge on any atom is -0.496 e. The number of hydrogen-bond donors (Lipinski definition) is 1. The Morgan fingerprint density at radius 1 is 1.19 bits per heavy atom. The summed E-state index contributed by atoms with van der Waals surface area (Å²) in [6.07, 6.45) is 0.0931. The van der Waals surface area contributed by atoms with Crippen molar-refractivity contribution in [3.8, 4) is 11.5 Å². The molecule has 6 nitrogen and oxygen atoms in total. The lowest BCUT2D eigenvalue weighted by Gasteiger charge is -2.34. The molecule has 1 aliphatic heterocycles. The molecule has 164 valence electrons. The highest BCUT2D eigenvalue weighted by atomic mass is 35.5. The van der Waals surface area contributed by atoms with Crippen molar-refractivity contribution in [3.05, 3.63) is 57.2 Å². The molecule has 1 aromatic heterocycles. The average molecular weight is 462 g/mol. The molecule has 1 saturated heterocycles. The second kappa shape index (κ2) is 9.12. The van der Waals surface area contributed by atoms with Gasteiger partial charge in [0.1, 0.15) is 22.5 Å². The largest absolute Gasteiger partial charge is 0.496 e. The average Bonchev–Trinajstić information content (AvgIpc) is 2.74. The molecular weight excluding hydrogens is 438 g/mol. The highest BCUT2D eigenvalue weighted by Crippen LogP contribution is 2.44. The Morgan fingerprint density at radius 2 is 1.94 bits per heavy atom. The summed E-state index contributed by atoms with van der Waals surface area (Å²) < 4.78 is 17.4. The topological polar surface area (TPSA) is 72.1 Å². The van der Waals surface area contributed by atoms with E-state index in [2.05, 4.69) is 4.90 Å². The molecule has 2 atom stereocenters. The molecule has 0 radical (unpaired) electrons. The Balaban J connectivity index is 1.93. The number of β-amino-alcohol motifs (C(OH)–C–C–N with tert-alkyl or cyclic N) is 1. The van der Waals surface area contributed by atoms with Crippen LogP contribution in [-0.2, 0) is 0 Å². The van der Waals surface area contributed by atoms with Crippen molar-refractivity contribution in [1.82, 2.24) is 4.90 Å². The lowest BCUT2D eigenvalue weighted by atomic mass is 9.85. The number of benzene rings is 2. The molecule has 3 aromatic rings. The van der Waals surface area contributed by atoms with E-state index in [0.717, 1.165) is 11.4 Å². The molecule has 0 amide bonds. The van der Waals surface area contributed by atoms with E-state index < -0.39 is 6.10 Å². The third-order valence-corrected chi connectivity index (χ3v) is 7.01. The number of methoxy groups -OCH3 is 2. The normalized spacial score (nSPS) is 19.5. The van der Waals surface area contributed by atoms with Gasteiger partial charge in [0, 0.05) is 35.1 Å². The Kier molecular flexibility index (Phi) is 6.48. The van der Waals surface area contributed by atoms with Crippen LogP contribution in [0.4, 0.5) is 0 Å². The predicted octanol–water partition coefficient (Wildman–Crippen LogP) is 4.39. The Hall–Kier alpha value is -2.19. The fraction of sp³-hybridized carbons (Fsp3) is 0.348. The van der Waals surface area contributed by atoms with E-state index in [1.165, 1.54) is 24.9 Å². The van der Waals surface area contributed by atoms with Crippen LogP contribution in [0, 0.1) is 0 Å². The molecule has 0 aliphatic carbocycles. The lowest BCUT2D eigenvalue weighted by molar-refractivity contribution is 0.0630. The first-order valence-corrected chi connectivity index (χ1v) is 11.1. The number of fused-ring (bicyclic) bond motifs is 1. The van der Waals surface area contributed by atoms with Crippen molar-refractivity contribution in [2.24, 2.45) is 0 Å². The predicted molar refractivity (Wildman–Crippen MR) is 122 cm³/mol. The molecule has 1 N–H and O–H groups in total. The highest BCUT2D eigenvalue weighted by molar-refractivity contribution is 7.99. The zero-order valence-electron chi connectivity index (χ0n) is 17.6. The van der Waals surface area contributed by atoms with E-state index in [1.54, 1.807) is 19.2 Å². The summed E-state index contributed by atoms with van der Waals surface area (Å²) in [6, 6.07) is 10.5. The molecule has 0 unspecified atom stereocenters. The van der Waals surface area contributed by atoms with E-state index in [0.29, 0.717) is 51.1 Å². The number of aliphatic hydroxyl groups excluding tert-OH is 1. The van der Waals surface area contributed by atoms with Crippen LogP contribution in [-0.4, -0.2) is 50.5 Å². The Bertz CT molecular complexity index is 1160. The molecule has 4 rings (SSSR count). The first-order valence-electron chi connectivity index (χ1n) is 9.94. The van der Waals surface area contributed by atoms with Gasteiger partial charge in [0.25, 0.3) is 0 Å². The zero-order valence-corrected chi connectivity index (χ0v) is 19.1. The van der Waals surface area contributed by atoms with Gasteiger partial charge in [-0.1, -0.05) is 35.5 Å². The van der Waals surface area contributed by atoms with E-state index in [4.69, 9.17) is 25.5 Å². The van der Waals surface area contributed by atoms with Gasteiger partial charge in [-0.3, -0.25) is 4.79 Å². The smallest absolute Gasteiger partial charge is 0.197 e. The fourth-order valence-electron chi connectivity index (χ4n) is 4.07. The fourth-order valence-corrected chi connectivity index (χ4v) is 5.14. The van der Waals surface area contributed by atoms with Gasteiger partial charge in [0.15, 0.2) is 10.5 Å². The van der Waals surface area contributed by atoms with Gasteiger partial charge in [-0.2, -0.15) is 0 Å². The first kappa shape index (κ1) is 22.0. The molecule has 0 saturated carbocycles. The number of aliphatic hydroxyl groups is 1. The number of ether oxygens (including phenoxy) is 2.